The summed E-state index contributed by atoms with van der Waals surface area (Å²) in [4.78, 5) is 2.15. The fraction of sp³-hybridized carbons (Fsp3) is 0.667. The topological polar surface area (TPSA) is 86.1 Å². The summed E-state index contributed by atoms with van der Waals surface area (Å²) in [6.45, 7) is 3.95. The van der Waals surface area contributed by atoms with Crippen molar-refractivity contribution in [3.63, 3.8) is 0 Å². The van der Waals surface area contributed by atoms with Gasteiger partial charge in [-0.25, -0.2) is 13.1 Å². The zero-order chi connectivity index (χ0) is 14.8. The van der Waals surface area contributed by atoms with E-state index in [1.807, 2.05) is 6.92 Å². The summed E-state index contributed by atoms with van der Waals surface area (Å²) in [7, 11) is -3.14. The van der Waals surface area contributed by atoms with E-state index < -0.39 is 10.0 Å². The molecular formula is C12H18N4O2S2. The van der Waals surface area contributed by atoms with Gasteiger partial charge in [-0.15, -0.1) is 0 Å². The first-order chi connectivity index (χ1) is 9.40. The standard InChI is InChI=1S/C12H18N4O2S2/c1-9-11(6-13)12(19-15-9)16-5-3-4-10(8-16)7-14-20(2,17)18/h10,14H,3-5,7-8H2,1-2H3/t10-/m1/s1. The summed E-state index contributed by atoms with van der Waals surface area (Å²) >= 11 is 1.35. The fourth-order valence-corrected chi connectivity index (χ4v) is 3.81. The van der Waals surface area contributed by atoms with Gasteiger partial charge in [0.25, 0.3) is 0 Å². The highest BCUT2D eigenvalue weighted by Gasteiger charge is 2.24. The number of rotatable bonds is 4. The molecule has 6 nitrogen and oxygen atoms in total. The van der Waals surface area contributed by atoms with Crippen LogP contribution in [0.3, 0.4) is 0 Å². The molecule has 0 aromatic carbocycles. The Labute approximate surface area is 123 Å². The molecule has 0 saturated carbocycles. The molecule has 1 atom stereocenters. The Morgan fingerprint density at radius 1 is 1.60 bits per heavy atom. The van der Waals surface area contributed by atoms with Crippen LogP contribution in [-0.2, 0) is 10.0 Å². The molecule has 1 saturated heterocycles. The van der Waals surface area contributed by atoms with Crippen molar-refractivity contribution in [2.24, 2.45) is 5.92 Å². The van der Waals surface area contributed by atoms with Crippen LogP contribution in [0, 0.1) is 24.2 Å². The van der Waals surface area contributed by atoms with Gasteiger partial charge >= 0.3 is 0 Å². The molecule has 1 fully saturated rings. The molecule has 1 N–H and O–H groups in total. The van der Waals surface area contributed by atoms with E-state index in [0.29, 0.717) is 12.1 Å². The quantitative estimate of drug-likeness (QED) is 0.899. The van der Waals surface area contributed by atoms with Gasteiger partial charge in [-0.1, -0.05) is 0 Å². The molecule has 0 spiro atoms. The van der Waals surface area contributed by atoms with E-state index in [9.17, 15) is 13.7 Å². The second kappa shape index (κ2) is 6.08. The normalized spacial score (nSPS) is 19.9. The maximum absolute atomic E-state index is 11.2. The molecule has 0 bridgehead atoms. The molecule has 110 valence electrons. The number of hydrogen-bond donors (Lipinski definition) is 1. The number of hydrogen-bond acceptors (Lipinski definition) is 6. The van der Waals surface area contributed by atoms with Crippen molar-refractivity contribution >= 4 is 26.6 Å². The fourth-order valence-electron chi connectivity index (χ4n) is 2.39. The van der Waals surface area contributed by atoms with Gasteiger partial charge in [0.2, 0.25) is 10.0 Å². The summed E-state index contributed by atoms with van der Waals surface area (Å²) in [6.07, 6.45) is 3.17. The minimum Gasteiger partial charge on any atom is -0.361 e. The van der Waals surface area contributed by atoms with Crippen LogP contribution in [0.5, 0.6) is 0 Å². The Morgan fingerprint density at radius 2 is 2.35 bits per heavy atom. The SMILES string of the molecule is Cc1nsc(N2CCC[C@H](CNS(C)(=O)=O)C2)c1C#N. The summed E-state index contributed by atoms with van der Waals surface area (Å²) in [5, 5.41) is 10.1. The second-order valence-corrected chi connectivity index (χ2v) is 7.72. The molecule has 0 unspecified atom stereocenters. The molecule has 2 rings (SSSR count). The average molecular weight is 314 g/mol. The van der Waals surface area contributed by atoms with Gasteiger partial charge in [0.15, 0.2) is 0 Å². The Bertz CT molecular complexity index is 618. The third kappa shape index (κ3) is 3.69. The van der Waals surface area contributed by atoms with Crippen molar-refractivity contribution in [1.82, 2.24) is 9.10 Å². The number of piperidine rings is 1. The molecular weight excluding hydrogens is 296 g/mol. The first-order valence-electron chi connectivity index (χ1n) is 6.46. The maximum atomic E-state index is 11.2. The largest absolute Gasteiger partial charge is 0.361 e. The van der Waals surface area contributed by atoms with E-state index >= 15 is 0 Å². The molecule has 0 aliphatic carbocycles. The molecule has 1 aromatic heterocycles. The van der Waals surface area contributed by atoms with Crippen molar-refractivity contribution in [3.05, 3.63) is 11.3 Å². The van der Waals surface area contributed by atoms with E-state index in [0.717, 1.165) is 36.6 Å². The van der Waals surface area contributed by atoms with E-state index in [-0.39, 0.29) is 5.92 Å². The first-order valence-corrected chi connectivity index (χ1v) is 9.13. The Balaban J connectivity index is 2.05. The first kappa shape index (κ1) is 15.2. The minimum atomic E-state index is -3.14. The van der Waals surface area contributed by atoms with Crippen molar-refractivity contribution in [2.75, 3.05) is 30.8 Å². The molecule has 20 heavy (non-hydrogen) atoms. The zero-order valence-corrected chi connectivity index (χ0v) is 13.2. The van der Waals surface area contributed by atoms with E-state index in [1.165, 1.54) is 17.8 Å². The Kier molecular flexibility index (Phi) is 4.62. The van der Waals surface area contributed by atoms with Crippen molar-refractivity contribution < 1.29 is 8.42 Å². The van der Waals surface area contributed by atoms with Crippen LogP contribution < -0.4 is 9.62 Å². The average Bonchev–Trinajstić information content (AvgIpc) is 2.77. The Morgan fingerprint density at radius 3 is 3.00 bits per heavy atom. The highest BCUT2D eigenvalue weighted by atomic mass is 32.2. The summed E-state index contributed by atoms with van der Waals surface area (Å²) < 4.78 is 29.1. The number of aromatic nitrogens is 1. The second-order valence-electron chi connectivity index (χ2n) is 5.13. The third-order valence-corrected chi connectivity index (χ3v) is 5.09. The predicted octanol–water partition coefficient (Wildman–Crippen LogP) is 1.09. The molecule has 1 aliphatic rings. The molecule has 1 aliphatic heterocycles. The van der Waals surface area contributed by atoms with Crippen LogP contribution >= 0.6 is 11.5 Å². The maximum Gasteiger partial charge on any atom is 0.208 e. The molecule has 8 heteroatoms. The lowest BCUT2D eigenvalue weighted by molar-refractivity contribution is 0.412. The number of sulfonamides is 1. The third-order valence-electron chi connectivity index (χ3n) is 3.40. The smallest absolute Gasteiger partial charge is 0.208 e. The van der Waals surface area contributed by atoms with Gasteiger partial charge < -0.3 is 4.90 Å². The number of aryl methyl sites for hydroxylation is 1. The van der Waals surface area contributed by atoms with Crippen LogP contribution in [0.1, 0.15) is 24.1 Å². The lowest BCUT2D eigenvalue weighted by Crippen LogP contribution is -2.40. The predicted molar refractivity (Wildman–Crippen MR) is 79.3 cm³/mol. The number of nitriles is 1. The van der Waals surface area contributed by atoms with E-state index in [1.54, 1.807) is 0 Å². The lowest BCUT2D eigenvalue weighted by atomic mass is 9.98. The van der Waals surface area contributed by atoms with Gasteiger partial charge in [0.05, 0.1) is 11.9 Å². The summed E-state index contributed by atoms with van der Waals surface area (Å²) in [5.74, 6) is 0.271. The van der Waals surface area contributed by atoms with Gasteiger partial charge in [-0.05, 0) is 37.2 Å². The van der Waals surface area contributed by atoms with Crippen LogP contribution in [0.4, 0.5) is 5.00 Å². The van der Waals surface area contributed by atoms with Crippen LogP contribution in [0.15, 0.2) is 0 Å². The van der Waals surface area contributed by atoms with Crippen LogP contribution in [0.2, 0.25) is 0 Å². The van der Waals surface area contributed by atoms with Gasteiger partial charge in [0, 0.05) is 19.6 Å². The summed E-state index contributed by atoms with van der Waals surface area (Å²) in [6, 6.07) is 2.21. The zero-order valence-electron chi connectivity index (χ0n) is 11.6. The van der Waals surface area contributed by atoms with E-state index in [4.69, 9.17) is 0 Å². The van der Waals surface area contributed by atoms with Gasteiger partial charge in [0.1, 0.15) is 16.6 Å². The van der Waals surface area contributed by atoms with Crippen molar-refractivity contribution in [3.8, 4) is 6.07 Å². The summed E-state index contributed by atoms with van der Waals surface area (Å²) in [5.41, 5.74) is 1.41. The molecule has 0 amide bonds. The van der Waals surface area contributed by atoms with Crippen LogP contribution in [0.25, 0.3) is 0 Å². The molecule has 0 radical (unpaired) electrons. The monoisotopic (exact) mass is 314 g/mol. The minimum absolute atomic E-state index is 0.271. The Hall–Kier alpha value is -1.17. The molecule has 2 heterocycles. The van der Waals surface area contributed by atoms with Gasteiger partial charge in [-0.2, -0.15) is 9.64 Å². The van der Waals surface area contributed by atoms with Crippen LogP contribution in [-0.4, -0.2) is 38.7 Å². The number of nitrogens with zero attached hydrogens (tertiary/aromatic N) is 3. The number of anilines is 1. The van der Waals surface area contributed by atoms with E-state index in [2.05, 4.69) is 20.1 Å². The van der Waals surface area contributed by atoms with Crippen molar-refractivity contribution in [1.29, 1.82) is 5.26 Å². The highest BCUT2D eigenvalue weighted by Crippen LogP contribution is 2.31. The van der Waals surface area contributed by atoms with Crippen molar-refractivity contribution in [2.45, 2.75) is 19.8 Å². The van der Waals surface area contributed by atoms with Gasteiger partial charge in [-0.3, -0.25) is 0 Å². The number of nitrogens with one attached hydrogen (secondary N) is 1. The molecule has 1 aromatic rings. The lowest BCUT2D eigenvalue weighted by Gasteiger charge is -2.33. The highest BCUT2D eigenvalue weighted by molar-refractivity contribution is 7.88.